The van der Waals surface area contributed by atoms with Gasteiger partial charge in [0, 0.05) is 38.0 Å². The van der Waals surface area contributed by atoms with E-state index in [0.717, 1.165) is 37.9 Å². The van der Waals surface area contributed by atoms with Crippen LogP contribution in [0.1, 0.15) is 71.1 Å². The van der Waals surface area contributed by atoms with Crippen LogP contribution in [0.2, 0.25) is 0 Å². The van der Waals surface area contributed by atoms with E-state index < -0.39 is 29.6 Å². The van der Waals surface area contributed by atoms with Crippen LogP contribution in [-0.4, -0.2) is 89.3 Å². The summed E-state index contributed by atoms with van der Waals surface area (Å²) in [6.07, 6.45) is 11.5. The largest absolute Gasteiger partial charge is 0.494 e. The smallest absolute Gasteiger partial charge is 0.248 e. The van der Waals surface area contributed by atoms with Crippen molar-refractivity contribution in [3.05, 3.63) is 49.6 Å². The summed E-state index contributed by atoms with van der Waals surface area (Å²) in [6.45, 7) is 11.5. The number of ether oxygens (including phenoxy) is 2. The lowest BCUT2D eigenvalue weighted by Crippen LogP contribution is -2.58. The molecular weight excluding hydrogens is 558 g/mol. The van der Waals surface area contributed by atoms with Crippen molar-refractivity contribution >= 4 is 23.4 Å². The summed E-state index contributed by atoms with van der Waals surface area (Å²) in [7, 11) is 0. The second-order valence-electron chi connectivity index (χ2n) is 12.6. The highest BCUT2D eigenvalue weighted by molar-refractivity contribution is 6.03. The van der Waals surface area contributed by atoms with Gasteiger partial charge < -0.3 is 29.3 Å². The van der Waals surface area contributed by atoms with Gasteiger partial charge in [-0.3, -0.25) is 14.4 Å². The van der Waals surface area contributed by atoms with E-state index in [4.69, 9.17) is 9.47 Å². The van der Waals surface area contributed by atoms with Crippen LogP contribution >= 0.6 is 0 Å². The van der Waals surface area contributed by atoms with Gasteiger partial charge in [0.05, 0.1) is 24.5 Å². The molecule has 0 radical (unpaired) electrons. The van der Waals surface area contributed by atoms with Gasteiger partial charge in [-0.25, -0.2) is 0 Å². The molecule has 5 rings (SSSR count). The van der Waals surface area contributed by atoms with Crippen LogP contribution in [0.4, 0.5) is 5.69 Å². The maximum Gasteiger partial charge on any atom is 0.248 e. The third-order valence-corrected chi connectivity index (χ3v) is 10.0. The number of anilines is 1. The predicted octanol–water partition coefficient (Wildman–Crippen LogP) is 4.49. The molecule has 44 heavy (non-hydrogen) atoms. The average molecular weight is 608 g/mol. The number of unbranched alkanes of at least 4 members (excludes halogenated alkanes) is 2. The number of fused-ring (bicyclic) bond motifs is 1. The van der Waals surface area contributed by atoms with E-state index in [9.17, 15) is 19.5 Å². The maximum atomic E-state index is 14.7. The van der Waals surface area contributed by atoms with Crippen molar-refractivity contribution in [1.29, 1.82) is 0 Å². The molecule has 4 aliphatic rings. The topological polar surface area (TPSA) is 99.6 Å². The van der Waals surface area contributed by atoms with E-state index >= 15 is 0 Å². The van der Waals surface area contributed by atoms with Gasteiger partial charge in [-0.05, 0) is 76.1 Å². The first kappa shape index (κ1) is 32.2. The van der Waals surface area contributed by atoms with Crippen LogP contribution in [0.15, 0.2) is 49.6 Å². The van der Waals surface area contributed by atoms with Gasteiger partial charge >= 0.3 is 0 Å². The molecule has 0 aromatic heterocycles. The Bertz CT molecular complexity index is 1200. The number of amides is 3. The Hall–Kier alpha value is -3.17. The quantitative estimate of drug-likeness (QED) is 0.233. The molecular formula is C35H49N3O6. The summed E-state index contributed by atoms with van der Waals surface area (Å²) >= 11 is 0. The minimum atomic E-state index is -1.04. The number of aliphatic hydroxyl groups is 1. The number of hydrogen-bond donors (Lipinski definition) is 1. The van der Waals surface area contributed by atoms with Crippen molar-refractivity contribution in [2.45, 2.75) is 94.9 Å². The van der Waals surface area contributed by atoms with Crippen molar-refractivity contribution in [2.75, 3.05) is 37.7 Å². The van der Waals surface area contributed by atoms with Crippen molar-refractivity contribution in [3.8, 4) is 5.75 Å². The predicted molar refractivity (Wildman–Crippen MR) is 169 cm³/mol. The zero-order valence-corrected chi connectivity index (χ0v) is 26.2. The Balaban J connectivity index is 1.48. The van der Waals surface area contributed by atoms with Crippen LogP contribution in [0, 0.1) is 11.8 Å². The summed E-state index contributed by atoms with van der Waals surface area (Å²) in [6, 6.07) is 6.70. The fourth-order valence-electron chi connectivity index (χ4n) is 8.15. The number of likely N-dealkylation sites (tertiary alicyclic amines) is 1. The molecule has 1 aliphatic carbocycles. The standard InChI is InChI=1S/C35H49N3O6/c1-4-21-36(26-15-17-27(18-16-26)43-6-3)32(40)29-28-19-20-35(44-28)30(29)33(41)38(23-11-8-12-24-39)31(35)34(42)37(22-5-2)25-13-9-7-10-14-25/h4-5,15-18,25,28-31,39H,1-2,6-14,19-24H2,3H3/t28-,29+,30-,31?,35?/m0/s1. The van der Waals surface area contributed by atoms with Crippen molar-refractivity contribution < 1.29 is 29.0 Å². The molecule has 3 saturated heterocycles. The molecule has 1 aromatic carbocycles. The highest BCUT2D eigenvalue weighted by atomic mass is 16.5. The summed E-state index contributed by atoms with van der Waals surface area (Å²) in [5.41, 5.74) is -0.341. The molecule has 1 saturated carbocycles. The Morgan fingerprint density at radius 3 is 2.43 bits per heavy atom. The molecule has 240 valence electrons. The van der Waals surface area contributed by atoms with Gasteiger partial charge in [-0.15, -0.1) is 13.2 Å². The van der Waals surface area contributed by atoms with Crippen LogP contribution in [-0.2, 0) is 19.1 Å². The minimum absolute atomic E-state index is 0.0852. The summed E-state index contributed by atoms with van der Waals surface area (Å²) < 4.78 is 12.3. The Morgan fingerprint density at radius 2 is 1.77 bits per heavy atom. The van der Waals surface area contributed by atoms with Crippen molar-refractivity contribution in [3.63, 3.8) is 0 Å². The van der Waals surface area contributed by atoms with E-state index in [1.165, 1.54) is 6.42 Å². The monoisotopic (exact) mass is 607 g/mol. The molecule has 3 aliphatic heterocycles. The van der Waals surface area contributed by atoms with Gasteiger partial charge in [0.15, 0.2) is 0 Å². The molecule has 2 bridgehead atoms. The molecule has 2 unspecified atom stereocenters. The fraction of sp³-hybridized carbons (Fsp3) is 0.629. The minimum Gasteiger partial charge on any atom is -0.494 e. The van der Waals surface area contributed by atoms with Gasteiger partial charge in [0.2, 0.25) is 17.7 Å². The highest BCUT2D eigenvalue weighted by Gasteiger charge is 2.75. The third-order valence-electron chi connectivity index (χ3n) is 10.0. The van der Waals surface area contributed by atoms with Gasteiger partial charge in [-0.2, -0.15) is 0 Å². The number of hydrogen-bond acceptors (Lipinski definition) is 6. The lowest BCUT2D eigenvalue weighted by Gasteiger charge is -2.40. The van der Waals surface area contributed by atoms with Crippen LogP contribution in [0.25, 0.3) is 0 Å². The normalized spacial score (nSPS) is 27.7. The summed E-state index contributed by atoms with van der Waals surface area (Å²) in [5, 5.41) is 9.34. The SMILES string of the molecule is C=CCN(C(=O)[C@@H]1[C@@H]2CCC3(O2)C(C(=O)N(CC=C)C2CCCCC2)N(CCCCCO)C(=O)[C@H]13)c1ccc(OCC)cc1. The van der Waals surface area contributed by atoms with Crippen LogP contribution in [0.3, 0.4) is 0 Å². The summed E-state index contributed by atoms with van der Waals surface area (Å²) in [5.74, 6) is -1.13. The second kappa shape index (κ2) is 14.3. The van der Waals surface area contributed by atoms with Gasteiger partial charge in [-0.1, -0.05) is 31.4 Å². The molecule has 3 heterocycles. The molecule has 4 fully saturated rings. The lowest BCUT2D eigenvalue weighted by molar-refractivity contribution is -0.150. The van der Waals surface area contributed by atoms with Crippen molar-refractivity contribution in [2.24, 2.45) is 11.8 Å². The molecule has 3 amide bonds. The summed E-state index contributed by atoms with van der Waals surface area (Å²) in [4.78, 5) is 48.9. The fourth-order valence-corrected chi connectivity index (χ4v) is 8.15. The second-order valence-corrected chi connectivity index (χ2v) is 12.6. The Morgan fingerprint density at radius 1 is 1.05 bits per heavy atom. The number of aliphatic hydroxyl groups excluding tert-OH is 1. The third kappa shape index (κ3) is 5.93. The molecule has 9 nitrogen and oxygen atoms in total. The lowest BCUT2D eigenvalue weighted by atomic mass is 9.70. The maximum absolute atomic E-state index is 14.7. The van der Waals surface area contributed by atoms with E-state index in [1.54, 1.807) is 22.0 Å². The molecule has 9 heteroatoms. The average Bonchev–Trinajstić information content (AvgIpc) is 3.68. The molecule has 5 atom stereocenters. The zero-order chi connectivity index (χ0) is 31.3. The first-order valence-corrected chi connectivity index (χ1v) is 16.6. The van der Waals surface area contributed by atoms with E-state index in [2.05, 4.69) is 13.2 Å². The van der Waals surface area contributed by atoms with Gasteiger partial charge in [0.25, 0.3) is 0 Å². The van der Waals surface area contributed by atoms with Crippen molar-refractivity contribution in [1.82, 2.24) is 9.80 Å². The van der Waals surface area contributed by atoms with Gasteiger partial charge in [0.1, 0.15) is 17.4 Å². The first-order valence-electron chi connectivity index (χ1n) is 16.6. The first-order chi connectivity index (χ1) is 21.4. The Kier molecular flexibility index (Phi) is 10.5. The Labute approximate surface area is 261 Å². The number of carbonyl (C=O) groups is 3. The number of carbonyl (C=O) groups excluding carboxylic acids is 3. The molecule has 1 spiro atoms. The van der Waals surface area contributed by atoms with Crippen LogP contribution in [0.5, 0.6) is 5.75 Å². The number of nitrogens with zero attached hydrogens (tertiary/aromatic N) is 3. The van der Waals surface area contributed by atoms with E-state index in [1.807, 2.05) is 36.1 Å². The van der Waals surface area contributed by atoms with Crippen LogP contribution < -0.4 is 9.64 Å². The molecule has 1 N–H and O–H groups in total. The van der Waals surface area contributed by atoms with E-state index in [0.29, 0.717) is 51.1 Å². The highest BCUT2D eigenvalue weighted by Crippen LogP contribution is 2.59. The zero-order valence-electron chi connectivity index (χ0n) is 26.2. The van der Waals surface area contributed by atoms with E-state index in [-0.39, 0.29) is 36.9 Å². The number of rotatable bonds is 15. The number of benzene rings is 1. The molecule has 1 aromatic rings.